The average Bonchev–Trinajstić information content (AvgIpc) is 1.60. The third-order valence-corrected chi connectivity index (χ3v) is 3.10. The van der Waals surface area contributed by atoms with Crippen molar-refractivity contribution in [3.63, 3.8) is 0 Å². The number of hydrogen-bond acceptors (Lipinski definition) is 1. The van der Waals surface area contributed by atoms with Crippen LogP contribution in [0.2, 0.25) is 25.7 Å². The monoisotopic (exact) mass is 158 g/mol. The molecule has 1 N–H and O–H groups in total. The summed E-state index contributed by atoms with van der Waals surface area (Å²) < 4.78 is 0. The summed E-state index contributed by atoms with van der Waals surface area (Å²) in [5.74, 6) is 0. The van der Waals surface area contributed by atoms with Gasteiger partial charge in [-0.2, -0.15) is 0 Å². The van der Waals surface area contributed by atoms with Crippen LogP contribution in [-0.4, -0.2) is 18.8 Å². The molecule has 2 heteroatoms. The second-order valence-electron chi connectivity index (χ2n) is 4.30. The van der Waals surface area contributed by atoms with Crippen molar-refractivity contribution < 1.29 is 5.11 Å². The van der Waals surface area contributed by atoms with E-state index in [0.29, 0.717) is 0 Å². The molecule has 0 aromatic rings. The van der Waals surface area contributed by atoms with Crippen LogP contribution in [-0.2, 0) is 0 Å². The molecule has 0 saturated carbocycles. The molecule has 0 fully saturated rings. The van der Waals surface area contributed by atoms with Crippen molar-refractivity contribution in [2.75, 3.05) is 0 Å². The highest BCUT2D eigenvalue weighted by atomic mass is 28.3. The normalized spacial score (nSPS) is 18.1. The van der Waals surface area contributed by atoms with Gasteiger partial charge in [-0.25, -0.2) is 0 Å². The molecule has 0 aromatic carbocycles. The predicted octanol–water partition coefficient (Wildman–Crippen LogP) is 2.26. The van der Waals surface area contributed by atoms with Crippen LogP contribution in [0.4, 0.5) is 0 Å². The molecule has 0 spiro atoms. The Morgan fingerprint density at radius 2 is 1.90 bits per heavy atom. The summed E-state index contributed by atoms with van der Waals surface area (Å²) >= 11 is 0. The highest BCUT2D eigenvalue weighted by molar-refractivity contribution is 6.76. The first-order chi connectivity index (χ1) is 4.27. The summed E-state index contributed by atoms with van der Waals surface area (Å²) in [6.07, 6.45) is 1.63. The van der Waals surface area contributed by atoms with Gasteiger partial charge in [0, 0.05) is 8.07 Å². The van der Waals surface area contributed by atoms with E-state index in [-0.39, 0.29) is 0 Å². The van der Waals surface area contributed by atoms with Gasteiger partial charge in [0.25, 0.3) is 0 Å². The quantitative estimate of drug-likeness (QED) is 0.493. The lowest BCUT2D eigenvalue weighted by Crippen LogP contribution is -2.33. The summed E-state index contributed by atoms with van der Waals surface area (Å²) in [6.45, 7) is 12.1. The molecule has 60 valence electrons. The maximum absolute atomic E-state index is 9.58. The van der Waals surface area contributed by atoms with Crippen LogP contribution in [0.25, 0.3) is 0 Å². The first-order valence-electron chi connectivity index (χ1n) is 3.63. The van der Waals surface area contributed by atoms with E-state index in [0.717, 1.165) is 6.04 Å². The van der Waals surface area contributed by atoms with Crippen molar-refractivity contribution in [1.82, 2.24) is 0 Å². The van der Waals surface area contributed by atoms with Crippen LogP contribution in [0.15, 0.2) is 12.7 Å². The molecule has 1 nitrogen and oxygen atoms in total. The SMILES string of the molecule is C=C[C@@](C)(O)C[Si](C)(C)C. The molecule has 0 radical (unpaired) electrons. The van der Waals surface area contributed by atoms with E-state index in [2.05, 4.69) is 26.2 Å². The standard InChI is InChI=1S/C8H18OSi/c1-6-8(2,9)7-10(3,4)5/h6,9H,1,7H2,2-5H3/t8-/m1/s1. The highest BCUT2D eigenvalue weighted by Gasteiger charge is 2.25. The molecule has 0 amide bonds. The van der Waals surface area contributed by atoms with Crippen molar-refractivity contribution in [3.05, 3.63) is 12.7 Å². The minimum atomic E-state index is -1.13. The van der Waals surface area contributed by atoms with Crippen LogP contribution < -0.4 is 0 Å². The Kier molecular flexibility index (Phi) is 2.86. The van der Waals surface area contributed by atoms with Crippen molar-refractivity contribution in [2.24, 2.45) is 0 Å². The smallest absolute Gasteiger partial charge is 0.0773 e. The minimum absolute atomic E-state index is 0.648. The fraction of sp³-hybridized carbons (Fsp3) is 0.750. The molecular formula is C8H18OSi. The Labute approximate surface area is 64.8 Å². The van der Waals surface area contributed by atoms with E-state index in [4.69, 9.17) is 0 Å². The van der Waals surface area contributed by atoms with Gasteiger partial charge in [0.15, 0.2) is 0 Å². The Balaban J connectivity index is 4.01. The number of hydrogen-bond donors (Lipinski definition) is 1. The summed E-state index contributed by atoms with van der Waals surface area (Å²) in [5.41, 5.74) is -0.648. The Hall–Kier alpha value is -0.0831. The molecular weight excluding hydrogens is 140 g/mol. The Bertz CT molecular complexity index is 122. The third kappa shape index (κ3) is 4.76. The van der Waals surface area contributed by atoms with Crippen LogP contribution in [0.1, 0.15) is 6.92 Å². The highest BCUT2D eigenvalue weighted by Crippen LogP contribution is 2.20. The molecule has 10 heavy (non-hydrogen) atoms. The second-order valence-corrected chi connectivity index (χ2v) is 9.77. The first-order valence-corrected chi connectivity index (χ1v) is 7.33. The summed E-state index contributed by atoms with van der Waals surface area (Å²) in [5, 5.41) is 9.58. The number of rotatable bonds is 3. The third-order valence-electron chi connectivity index (χ3n) is 1.33. The molecule has 0 rings (SSSR count). The van der Waals surface area contributed by atoms with Gasteiger partial charge in [0.2, 0.25) is 0 Å². The maximum Gasteiger partial charge on any atom is 0.0773 e. The van der Waals surface area contributed by atoms with E-state index in [1.807, 2.05) is 6.92 Å². The summed E-state index contributed by atoms with van der Waals surface area (Å²) in [4.78, 5) is 0. The Morgan fingerprint density at radius 1 is 1.50 bits per heavy atom. The lowest BCUT2D eigenvalue weighted by atomic mass is 10.1. The van der Waals surface area contributed by atoms with Crippen LogP contribution in [0.5, 0.6) is 0 Å². The van der Waals surface area contributed by atoms with Gasteiger partial charge in [-0.3, -0.25) is 0 Å². The van der Waals surface area contributed by atoms with Gasteiger partial charge in [-0.1, -0.05) is 25.7 Å². The molecule has 0 aliphatic heterocycles. The van der Waals surface area contributed by atoms with E-state index in [9.17, 15) is 5.11 Å². The van der Waals surface area contributed by atoms with Gasteiger partial charge in [-0.05, 0) is 13.0 Å². The lowest BCUT2D eigenvalue weighted by Gasteiger charge is -2.26. The minimum Gasteiger partial charge on any atom is -0.386 e. The molecule has 0 aromatic heterocycles. The fourth-order valence-electron chi connectivity index (χ4n) is 1.15. The van der Waals surface area contributed by atoms with Crippen molar-refractivity contribution in [3.8, 4) is 0 Å². The van der Waals surface area contributed by atoms with Crippen LogP contribution in [0, 0.1) is 0 Å². The van der Waals surface area contributed by atoms with Crippen molar-refractivity contribution >= 4 is 8.07 Å². The zero-order valence-corrected chi connectivity index (χ0v) is 8.44. The molecule has 1 atom stereocenters. The average molecular weight is 158 g/mol. The van der Waals surface area contributed by atoms with E-state index in [1.54, 1.807) is 6.08 Å². The predicted molar refractivity (Wildman–Crippen MR) is 49.0 cm³/mol. The maximum atomic E-state index is 9.58. The van der Waals surface area contributed by atoms with Crippen LogP contribution >= 0.6 is 0 Å². The molecule has 0 saturated heterocycles. The Morgan fingerprint density at radius 3 is 2.00 bits per heavy atom. The summed E-state index contributed by atoms with van der Waals surface area (Å²) in [7, 11) is -1.13. The first kappa shape index (κ1) is 9.92. The zero-order chi connectivity index (χ0) is 8.41. The molecule has 0 heterocycles. The van der Waals surface area contributed by atoms with Crippen molar-refractivity contribution in [2.45, 2.75) is 38.2 Å². The van der Waals surface area contributed by atoms with Gasteiger partial charge < -0.3 is 5.11 Å². The van der Waals surface area contributed by atoms with E-state index >= 15 is 0 Å². The molecule has 0 unspecified atom stereocenters. The van der Waals surface area contributed by atoms with Gasteiger partial charge in [0.1, 0.15) is 0 Å². The lowest BCUT2D eigenvalue weighted by molar-refractivity contribution is 0.132. The second kappa shape index (κ2) is 2.89. The van der Waals surface area contributed by atoms with Gasteiger partial charge in [-0.15, -0.1) is 6.58 Å². The fourth-order valence-corrected chi connectivity index (χ4v) is 3.44. The van der Waals surface area contributed by atoms with Gasteiger partial charge >= 0.3 is 0 Å². The largest absolute Gasteiger partial charge is 0.386 e. The number of aliphatic hydroxyl groups is 1. The molecule has 0 aliphatic carbocycles. The summed E-state index contributed by atoms with van der Waals surface area (Å²) in [6, 6.07) is 0.892. The van der Waals surface area contributed by atoms with E-state index < -0.39 is 13.7 Å². The van der Waals surface area contributed by atoms with Crippen molar-refractivity contribution in [1.29, 1.82) is 0 Å². The van der Waals surface area contributed by atoms with E-state index in [1.165, 1.54) is 0 Å². The topological polar surface area (TPSA) is 20.2 Å². The van der Waals surface area contributed by atoms with Gasteiger partial charge in [0.05, 0.1) is 5.60 Å². The zero-order valence-electron chi connectivity index (χ0n) is 7.44. The van der Waals surface area contributed by atoms with Crippen LogP contribution in [0.3, 0.4) is 0 Å². The molecule has 0 bridgehead atoms. The molecule has 0 aliphatic rings.